The molecule has 0 aromatic heterocycles. The Morgan fingerprint density at radius 1 is 1.15 bits per heavy atom. The molecule has 0 heterocycles. The third kappa shape index (κ3) is 1.90. The van der Waals surface area contributed by atoms with Gasteiger partial charge in [0.2, 0.25) is 0 Å². The molecule has 3 rings (SSSR count). The fraction of sp³-hybridized carbons (Fsp3) is 1.00. The highest BCUT2D eigenvalue weighted by atomic mass is 16.5. The zero-order valence-electron chi connectivity index (χ0n) is 13.7. The van der Waals surface area contributed by atoms with Gasteiger partial charge in [0.15, 0.2) is 0 Å². The molecule has 0 amide bonds. The summed E-state index contributed by atoms with van der Waals surface area (Å²) in [5.41, 5.74) is 0.835. The van der Waals surface area contributed by atoms with Crippen LogP contribution in [0, 0.1) is 28.6 Å². The summed E-state index contributed by atoms with van der Waals surface area (Å²) in [6.45, 7) is 10.3. The quantitative estimate of drug-likeness (QED) is 0.846. The molecule has 0 spiro atoms. The van der Waals surface area contributed by atoms with Crippen LogP contribution in [0.25, 0.3) is 0 Å². The monoisotopic (exact) mass is 280 g/mol. The van der Waals surface area contributed by atoms with Gasteiger partial charge in [-0.25, -0.2) is 0 Å². The van der Waals surface area contributed by atoms with Gasteiger partial charge in [0.25, 0.3) is 0 Å². The van der Waals surface area contributed by atoms with Gasteiger partial charge in [-0.15, -0.1) is 0 Å². The highest BCUT2D eigenvalue weighted by molar-refractivity contribution is 5.13. The minimum absolute atomic E-state index is 0.141. The Morgan fingerprint density at radius 3 is 2.45 bits per heavy atom. The number of hydrogen-bond donors (Lipinski definition) is 1. The third-order valence-electron chi connectivity index (χ3n) is 7.57. The fourth-order valence-electron chi connectivity index (χ4n) is 5.94. The van der Waals surface area contributed by atoms with Gasteiger partial charge in [0.05, 0.1) is 12.2 Å². The van der Waals surface area contributed by atoms with E-state index in [4.69, 9.17) is 4.74 Å². The van der Waals surface area contributed by atoms with E-state index in [0.29, 0.717) is 28.8 Å². The molecule has 3 unspecified atom stereocenters. The fourth-order valence-corrected chi connectivity index (χ4v) is 5.94. The lowest BCUT2D eigenvalue weighted by Crippen LogP contribution is -2.48. The molecule has 0 aromatic carbocycles. The van der Waals surface area contributed by atoms with Crippen molar-refractivity contribution in [1.82, 2.24) is 0 Å². The summed E-state index contributed by atoms with van der Waals surface area (Å²) in [5.74, 6) is 1.88. The van der Waals surface area contributed by atoms with E-state index < -0.39 is 0 Å². The normalized spacial score (nSPS) is 50.5. The van der Waals surface area contributed by atoms with Gasteiger partial charge in [-0.05, 0) is 68.1 Å². The van der Waals surface area contributed by atoms with Gasteiger partial charge in [0, 0.05) is 12.5 Å². The summed E-state index contributed by atoms with van der Waals surface area (Å²) in [5, 5.41) is 10.7. The summed E-state index contributed by atoms with van der Waals surface area (Å²) >= 11 is 0. The summed E-state index contributed by atoms with van der Waals surface area (Å²) in [4.78, 5) is 0. The highest BCUT2D eigenvalue weighted by Gasteiger charge is 2.64. The van der Waals surface area contributed by atoms with Gasteiger partial charge in [-0.2, -0.15) is 0 Å². The maximum Gasteiger partial charge on any atom is 0.0630 e. The molecule has 3 aliphatic rings. The number of aliphatic hydroxyl groups excluding tert-OH is 1. The van der Waals surface area contributed by atoms with Gasteiger partial charge in [0.1, 0.15) is 0 Å². The van der Waals surface area contributed by atoms with Gasteiger partial charge < -0.3 is 9.84 Å². The van der Waals surface area contributed by atoms with E-state index in [1.807, 2.05) is 0 Å². The average Bonchev–Trinajstić information content (AvgIpc) is 2.72. The first-order valence-corrected chi connectivity index (χ1v) is 8.71. The second kappa shape index (κ2) is 4.98. The van der Waals surface area contributed by atoms with Crippen LogP contribution < -0.4 is 0 Å². The standard InChI is InChI=1S/C18H32O2/c1-5-20-15-8-6-7-14(19)16(15)13-11-12-9-10-18(13,4)17(12,2)3/h12-16,19H,5-11H2,1-4H3/t12-,13+,14?,15?,16?,18+/m1/s1. The molecule has 2 bridgehead atoms. The Hall–Kier alpha value is -0.0800. The predicted octanol–water partition coefficient (Wildman–Crippen LogP) is 4.01. The maximum atomic E-state index is 10.7. The maximum absolute atomic E-state index is 10.7. The SMILES string of the molecule is CCOC1CCCC(O)C1[C@@H]1C[C@H]2CC[C@]1(C)C2(C)C. The number of fused-ring (bicyclic) bond motifs is 2. The summed E-state index contributed by atoms with van der Waals surface area (Å²) in [6.07, 6.45) is 7.45. The number of aliphatic hydroxyl groups is 1. The van der Waals surface area contributed by atoms with Crippen LogP contribution in [0.1, 0.15) is 66.2 Å². The molecule has 2 nitrogen and oxygen atoms in total. The average molecular weight is 280 g/mol. The Morgan fingerprint density at radius 2 is 1.90 bits per heavy atom. The largest absolute Gasteiger partial charge is 0.393 e. The van der Waals surface area contributed by atoms with Crippen LogP contribution in [0.2, 0.25) is 0 Å². The van der Waals surface area contributed by atoms with Crippen molar-refractivity contribution in [1.29, 1.82) is 0 Å². The summed E-state index contributed by atoms with van der Waals surface area (Å²) in [6, 6.07) is 0. The molecular weight excluding hydrogens is 248 g/mol. The highest BCUT2D eigenvalue weighted by Crippen LogP contribution is 2.70. The minimum atomic E-state index is -0.141. The number of hydrogen-bond acceptors (Lipinski definition) is 2. The van der Waals surface area contributed by atoms with Crippen molar-refractivity contribution in [3.63, 3.8) is 0 Å². The van der Waals surface area contributed by atoms with Crippen LogP contribution in [-0.2, 0) is 4.74 Å². The van der Waals surface area contributed by atoms with Gasteiger partial charge >= 0.3 is 0 Å². The minimum Gasteiger partial charge on any atom is -0.393 e. The van der Waals surface area contributed by atoms with Crippen molar-refractivity contribution in [2.24, 2.45) is 28.6 Å². The molecule has 0 aliphatic heterocycles. The van der Waals surface area contributed by atoms with Crippen LogP contribution in [0.3, 0.4) is 0 Å². The Balaban J connectivity index is 1.87. The van der Waals surface area contributed by atoms with Gasteiger partial charge in [-0.1, -0.05) is 20.8 Å². The lowest BCUT2D eigenvalue weighted by molar-refractivity contribution is -0.110. The zero-order chi connectivity index (χ0) is 14.5. The van der Waals surface area contributed by atoms with Crippen molar-refractivity contribution >= 4 is 0 Å². The van der Waals surface area contributed by atoms with E-state index in [2.05, 4.69) is 27.7 Å². The molecule has 0 radical (unpaired) electrons. The van der Waals surface area contributed by atoms with Crippen LogP contribution in [0.4, 0.5) is 0 Å². The molecule has 20 heavy (non-hydrogen) atoms. The number of rotatable bonds is 3. The first-order valence-electron chi connectivity index (χ1n) is 8.71. The molecule has 1 N–H and O–H groups in total. The Labute approximate surface area is 124 Å². The second-order valence-corrected chi connectivity index (χ2v) is 8.29. The van der Waals surface area contributed by atoms with E-state index in [9.17, 15) is 5.11 Å². The van der Waals surface area contributed by atoms with E-state index in [1.165, 1.54) is 19.3 Å². The van der Waals surface area contributed by atoms with Crippen molar-refractivity contribution < 1.29 is 9.84 Å². The molecule has 2 heteroatoms. The lowest BCUT2D eigenvalue weighted by Gasteiger charge is -2.48. The Kier molecular flexibility index (Phi) is 3.70. The number of ether oxygens (including phenoxy) is 1. The predicted molar refractivity (Wildman–Crippen MR) is 81.5 cm³/mol. The van der Waals surface area contributed by atoms with Crippen LogP contribution in [0.5, 0.6) is 0 Å². The molecule has 3 aliphatic carbocycles. The molecule has 3 saturated carbocycles. The van der Waals surface area contributed by atoms with Gasteiger partial charge in [-0.3, -0.25) is 0 Å². The van der Waals surface area contributed by atoms with E-state index in [0.717, 1.165) is 31.8 Å². The van der Waals surface area contributed by atoms with Crippen molar-refractivity contribution in [2.45, 2.75) is 78.4 Å². The first-order chi connectivity index (χ1) is 9.41. The zero-order valence-corrected chi connectivity index (χ0v) is 13.7. The van der Waals surface area contributed by atoms with Crippen molar-refractivity contribution in [2.75, 3.05) is 6.61 Å². The molecular formula is C18H32O2. The van der Waals surface area contributed by atoms with E-state index in [-0.39, 0.29) is 6.10 Å². The molecule has 3 fully saturated rings. The van der Waals surface area contributed by atoms with Crippen LogP contribution >= 0.6 is 0 Å². The molecule has 0 aromatic rings. The molecule has 116 valence electrons. The van der Waals surface area contributed by atoms with Crippen LogP contribution in [0.15, 0.2) is 0 Å². The van der Waals surface area contributed by atoms with E-state index in [1.54, 1.807) is 0 Å². The topological polar surface area (TPSA) is 29.5 Å². The van der Waals surface area contributed by atoms with Crippen molar-refractivity contribution in [3.05, 3.63) is 0 Å². The lowest BCUT2D eigenvalue weighted by atomic mass is 9.60. The van der Waals surface area contributed by atoms with Crippen LogP contribution in [-0.4, -0.2) is 23.9 Å². The second-order valence-electron chi connectivity index (χ2n) is 8.29. The molecule has 6 atom stereocenters. The summed E-state index contributed by atoms with van der Waals surface area (Å²) in [7, 11) is 0. The molecule has 0 saturated heterocycles. The Bertz CT molecular complexity index is 362. The van der Waals surface area contributed by atoms with E-state index >= 15 is 0 Å². The third-order valence-corrected chi connectivity index (χ3v) is 7.57. The first kappa shape index (κ1) is 14.8. The van der Waals surface area contributed by atoms with Crippen molar-refractivity contribution in [3.8, 4) is 0 Å². The summed E-state index contributed by atoms with van der Waals surface area (Å²) < 4.78 is 6.04. The smallest absolute Gasteiger partial charge is 0.0630 e.